The Morgan fingerprint density at radius 3 is 1.67 bits per heavy atom. The lowest BCUT2D eigenvalue weighted by atomic mass is 10.0. The van der Waals surface area contributed by atoms with E-state index < -0.39 is 0 Å². The lowest BCUT2D eigenvalue weighted by Crippen LogP contribution is -2.00. The molecule has 278 valence electrons. The Kier molecular flexibility index (Phi) is 7.46. The quantitative estimate of drug-likeness (QED) is 0.163. The van der Waals surface area contributed by atoms with Crippen LogP contribution in [0.2, 0.25) is 0 Å². The van der Waals surface area contributed by atoms with Gasteiger partial charge in [-0.25, -0.2) is 19.8 Å². The molecule has 0 saturated carbocycles. The Balaban J connectivity index is 0.970. The second-order valence-corrected chi connectivity index (χ2v) is 15.0. The summed E-state index contributed by atoms with van der Waals surface area (Å²) in [6.45, 7) is 7.69. The number of aromatic nitrogens is 5. The van der Waals surface area contributed by atoms with E-state index in [4.69, 9.17) is 30.9 Å². The summed E-state index contributed by atoms with van der Waals surface area (Å²) in [5.74, 6) is 1.67. The molecule has 0 saturated heterocycles. The molecular formula is C53H30N6O. The van der Waals surface area contributed by atoms with Gasteiger partial charge in [0.1, 0.15) is 11.1 Å². The third-order valence-corrected chi connectivity index (χ3v) is 11.4. The molecule has 60 heavy (non-hydrogen) atoms. The third kappa shape index (κ3) is 5.51. The van der Waals surface area contributed by atoms with Crippen molar-refractivity contribution in [2.45, 2.75) is 0 Å². The van der Waals surface area contributed by atoms with E-state index in [1.807, 2.05) is 72.9 Å². The average molecular weight is 767 g/mol. The van der Waals surface area contributed by atoms with Crippen molar-refractivity contribution < 1.29 is 4.42 Å². The second kappa shape index (κ2) is 13.3. The number of fused-ring (bicyclic) bond motifs is 8. The molecule has 12 rings (SSSR count). The molecule has 4 heterocycles. The zero-order chi connectivity index (χ0) is 39.7. The number of nitrogens with zero attached hydrogens (tertiary/aromatic N) is 6. The number of furan rings is 1. The average Bonchev–Trinajstić information content (AvgIpc) is 3.85. The Bertz CT molecular complexity index is 3650. The van der Waals surface area contributed by atoms with Crippen molar-refractivity contribution in [3.8, 4) is 51.0 Å². The number of hydrogen-bond acceptors (Lipinski definition) is 5. The van der Waals surface area contributed by atoms with Gasteiger partial charge in [-0.2, -0.15) is 0 Å². The predicted molar refractivity (Wildman–Crippen MR) is 242 cm³/mol. The number of para-hydroxylation sites is 1. The van der Waals surface area contributed by atoms with Gasteiger partial charge < -0.3 is 8.98 Å². The fourth-order valence-corrected chi connectivity index (χ4v) is 8.48. The maximum absolute atomic E-state index is 7.69. The second-order valence-electron chi connectivity index (χ2n) is 15.0. The normalized spacial score (nSPS) is 11.7. The number of benzene rings is 8. The number of pyridine rings is 1. The molecule has 0 aliphatic heterocycles. The van der Waals surface area contributed by atoms with Gasteiger partial charge in [-0.05, 0) is 105 Å². The molecule has 0 radical (unpaired) electrons. The van der Waals surface area contributed by atoms with Crippen LogP contribution < -0.4 is 0 Å². The first kappa shape index (κ1) is 33.6. The molecule has 0 N–H and O–H groups in total. The largest absolute Gasteiger partial charge is 0.454 e. The van der Waals surface area contributed by atoms with Gasteiger partial charge in [0.05, 0.1) is 17.6 Å². The molecule has 0 aliphatic rings. The molecule has 12 aromatic rings. The molecule has 7 nitrogen and oxygen atoms in total. The minimum atomic E-state index is 0.510. The maximum Gasteiger partial charge on any atom is 0.188 e. The Morgan fingerprint density at radius 1 is 0.433 bits per heavy atom. The van der Waals surface area contributed by atoms with Gasteiger partial charge in [0.15, 0.2) is 28.7 Å². The predicted octanol–water partition coefficient (Wildman–Crippen LogP) is 13.8. The minimum Gasteiger partial charge on any atom is -0.454 e. The third-order valence-electron chi connectivity index (χ3n) is 11.4. The van der Waals surface area contributed by atoms with Gasteiger partial charge in [-0.1, -0.05) is 109 Å². The van der Waals surface area contributed by atoms with Crippen LogP contribution in [0.4, 0.5) is 5.69 Å². The van der Waals surface area contributed by atoms with Gasteiger partial charge >= 0.3 is 0 Å². The summed E-state index contributed by atoms with van der Waals surface area (Å²) in [5, 5.41) is 7.57. The van der Waals surface area contributed by atoms with Crippen LogP contribution in [0.15, 0.2) is 187 Å². The first-order valence-electron chi connectivity index (χ1n) is 19.7. The highest BCUT2D eigenvalue weighted by atomic mass is 16.3. The van der Waals surface area contributed by atoms with Crippen LogP contribution in [0.3, 0.4) is 0 Å². The van der Waals surface area contributed by atoms with Crippen LogP contribution in [-0.2, 0) is 0 Å². The van der Waals surface area contributed by atoms with Crippen LogP contribution in [0.5, 0.6) is 0 Å². The van der Waals surface area contributed by atoms with Gasteiger partial charge in [0, 0.05) is 39.3 Å². The number of hydrogen-bond donors (Lipinski definition) is 0. The van der Waals surface area contributed by atoms with Crippen molar-refractivity contribution in [2.75, 3.05) is 0 Å². The lowest BCUT2D eigenvalue weighted by molar-refractivity contribution is 0.668. The summed E-state index contributed by atoms with van der Waals surface area (Å²) in [5.41, 5.74) is 10.6. The van der Waals surface area contributed by atoms with Crippen molar-refractivity contribution >= 4 is 71.1 Å². The molecule has 8 aromatic carbocycles. The van der Waals surface area contributed by atoms with E-state index in [1.165, 1.54) is 0 Å². The standard InChI is InChI=1S/C53H30N6O/c1-54-41-21-24-47-45(30-41)44-27-36(20-23-46(44)59(47)42-13-3-2-4-14-42)37-19-22-43-48(28-37)60-49-29-40(31-55-50(43)49)53-57-51(38-17-15-32-9-5-7-11-34(32)25-38)56-52(58-53)39-18-16-33-10-6-8-12-35(33)26-39/h2-31H. The van der Waals surface area contributed by atoms with E-state index in [0.29, 0.717) is 28.7 Å². The molecular weight excluding hydrogens is 737 g/mol. The van der Waals surface area contributed by atoms with Gasteiger partial charge in [-0.15, -0.1) is 0 Å². The molecule has 4 aromatic heterocycles. The smallest absolute Gasteiger partial charge is 0.188 e. The molecule has 0 atom stereocenters. The van der Waals surface area contributed by atoms with Crippen LogP contribution in [0, 0.1) is 6.57 Å². The summed E-state index contributed by atoms with van der Waals surface area (Å²) >= 11 is 0. The van der Waals surface area contributed by atoms with E-state index in [1.54, 1.807) is 0 Å². The van der Waals surface area contributed by atoms with Gasteiger partial charge in [-0.3, -0.25) is 4.98 Å². The molecule has 0 fully saturated rings. The van der Waals surface area contributed by atoms with E-state index >= 15 is 0 Å². The fourth-order valence-electron chi connectivity index (χ4n) is 8.48. The van der Waals surface area contributed by atoms with Crippen molar-refractivity contribution in [3.63, 3.8) is 0 Å². The first-order chi connectivity index (χ1) is 29.6. The summed E-state index contributed by atoms with van der Waals surface area (Å²) in [4.78, 5) is 23.8. The van der Waals surface area contributed by atoms with Crippen LogP contribution in [0.1, 0.15) is 0 Å². The van der Waals surface area contributed by atoms with E-state index in [0.717, 1.165) is 93.3 Å². The van der Waals surface area contributed by atoms with Crippen molar-refractivity contribution in [1.82, 2.24) is 24.5 Å². The summed E-state index contributed by atoms with van der Waals surface area (Å²) < 4.78 is 8.84. The van der Waals surface area contributed by atoms with E-state index in [2.05, 4.69) is 119 Å². The molecule has 0 unspecified atom stereocenters. The van der Waals surface area contributed by atoms with Crippen LogP contribution in [0.25, 0.3) is 121 Å². The Hall–Kier alpha value is -8.47. The Labute approximate surface area is 343 Å². The zero-order valence-corrected chi connectivity index (χ0v) is 31.9. The van der Waals surface area contributed by atoms with Gasteiger partial charge in [0.25, 0.3) is 0 Å². The van der Waals surface area contributed by atoms with Crippen molar-refractivity contribution in [2.24, 2.45) is 0 Å². The monoisotopic (exact) mass is 766 g/mol. The Morgan fingerprint density at radius 2 is 0.983 bits per heavy atom. The van der Waals surface area contributed by atoms with Gasteiger partial charge in [0.2, 0.25) is 0 Å². The fraction of sp³-hybridized carbons (Fsp3) is 0. The van der Waals surface area contributed by atoms with Crippen LogP contribution >= 0.6 is 0 Å². The molecule has 0 aliphatic carbocycles. The van der Waals surface area contributed by atoms with E-state index in [9.17, 15) is 0 Å². The maximum atomic E-state index is 7.69. The zero-order valence-electron chi connectivity index (χ0n) is 31.9. The first-order valence-corrected chi connectivity index (χ1v) is 19.7. The SMILES string of the molecule is [C-]#[N+]c1ccc2c(c1)c1cc(-c3ccc4c(c3)oc3cc(-c5nc(-c6ccc7ccccc7c6)nc(-c6ccc7ccccc7c6)n5)cnc34)ccc1n2-c1ccccc1. The van der Waals surface area contributed by atoms with Crippen molar-refractivity contribution in [1.29, 1.82) is 0 Å². The topological polar surface area (TPSA) is 74.0 Å². The molecule has 0 amide bonds. The lowest BCUT2D eigenvalue weighted by Gasteiger charge is -2.09. The summed E-state index contributed by atoms with van der Waals surface area (Å²) in [6.07, 6.45) is 1.82. The molecule has 0 spiro atoms. The number of rotatable bonds is 5. The molecule has 7 heteroatoms. The minimum absolute atomic E-state index is 0.510. The van der Waals surface area contributed by atoms with E-state index in [-0.39, 0.29) is 0 Å². The highest BCUT2D eigenvalue weighted by Crippen LogP contribution is 2.39. The summed E-state index contributed by atoms with van der Waals surface area (Å²) in [6, 6.07) is 60.2. The highest BCUT2D eigenvalue weighted by molar-refractivity contribution is 6.12. The summed E-state index contributed by atoms with van der Waals surface area (Å²) in [7, 11) is 0. The highest BCUT2D eigenvalue weighted by Gasteiger charge is 2.18. The molecule has 0 bridgehead atoms. The van der Waals surface area contributed by atoms with Crippen molar-refractivity contribution in [3.05, 3.63) is 194 Å². The van der Waals surface area contributed by atoms with Crippen LogP contribution in [-0.4, -0.2) is 24.5 Å².